The molecule has 8 rings (SSSR count). The van der Waals surface area contributed by atoms with Crippen LogP contribution >= 0.6 is 0 Å². The number of pyridine rings is 1. The Bertz CT molecular complexity index is 2500. The van der Waals surface area contributed by atoms with Crippen molar-refractivity contribution in [1.29, 1.82) is 0 Å². The molecular weight excluding hydrogens is 627 g/mol. The quantitative estimate of drug-likeness (QED) is 0.183. The second-order valence-electron chi connectivity index (χ2n) is 12.8. The van der Waals surface area contributed by atoms with E-state index in [0.29, 0.717) is 23.0 Å². The average Bonchev–Trinajstić information content (AvgIpc) is 3.15. The number of aromatic hydroxyl groups is 1. The second-order valence-corrected chi connectivity index (χ2v) is 12.8. The maximum absolute atomic E-state index is 11.0. The predicted molar refractivity (Wildman–Crippen MR) is 207 cm³/mol. The van der Waals surface area contributed by atoms with Crippen LogP contribution in [0.3, 0.4) is 0 Å². The van der Waals surface area contributed by atoms with Gasteiger partial charge in [-0.25, -0.2) is 19.9 Å². The lowest BCUT2D eigenvalue weighted by atomic mass is 9.98. The number of phenolic OH excluding ortho intramolecular Hbond substituents is 1. The van der Waals surface area contributed by atoms with Crippen LogP contribution in [0.2, 0.25) is 0 Å². The van der Waals surface area contributed by atoms with Crippen LogP contribution in [0, 0.1) is 20.8 Å². The lowest BCUT2D eigenvalue weighted by Gasteiger charge is -2.27. The minimum atomic E-state index is 0.106. The van der Waals surface area contributed by atoms with Gasteiger partial charge >= 0.3 is 0 Å². The summed E-state index contributed by atoms with van der Waals surface area (Å²) in [6, 6.07) is 48.9. The van der Waals surface area contributed by atoms with E-state index in [1.54, 1.807) is 12.1 Å². The third-order valence-corrected chi connectivity index (χ3v) is 9.11. The molecule has 0 aliphatic heterocycles. The highest BCUT2D eigenvalue weighted by Crippen LogP contribution is 2.42. The zero-order valence-corrected chi connectivity index (χ0v) is 28.6. The van der Waals surface area contributed by atoms with E-state index in [1.807, 2.05) is 54.7 Å². The number of rotatable bonds is 7. The first-order valence-electron chi connectivity index (χ1n) is 17.0. The number of hydrogen-bond acceptors (Lipinski definition) is 6. The lowest BCUT2D eigenvalue weighted by Crippen LogP contribution is -2.12. The van der Waals surface area contributed by atoms with Crippen LogP contribution in [0.1, 0.15) is 16.7 Å². The monoisotopic (exact) mass is 661 g/mol. The first-order chi connectivity index (χ1) is 24.9. The van der Waals surface area contributed by atoms with E-state index in [9.17, 15) is 5.11 Å². The molecule has 0 fully saturated rings. The van der Waals surface area contributed by atoms with Crippen molar-refractivity contribution in [2.75, 3.05) is 4.90 Å². The van der Waals surface area contributed by atoms with Gasteiger partial charge < -0.3 is 5.11 Å². The third-order valence-electron chi connectivity index (χ3n) is 9.11. The Morgan fingerprint density at radius 1 is 0.529 bits per heavy atom. The van der Waals surface area contributed by atoms with E-state index < -0.39 is 0 Å². The van der Waals surface area contributed by atoms with Gasteiger partial charge in [-0.1, -0.05) is 103 Å². The molecule has 0 atom stereocenters. The van der Waals surface area contributed by atoms with Gasteiger partial charge in [0.1, 0.15) is 11.6 Å². The van der Waals surface area contributed by atoms with Crippen molar-refractivity contribution in [3.05, 3.63) is 168 Å². The van der Waals surface area contributed by atoms with E-state index in [-0.39, 0.29) is 5.75 Å². The largest absolute Gasteiger partial charge is 0.507 e. The molecule has 6 aromatic carbocycles. The van der Waals surface area contributed by atoms with Gasteiger partial charge in [0.15, 0.2) is 17.5 Å². The van der Waals surface area contributed by atoms with Crippen LogP contribution in [0.4, 0.5) is 17.2 Å². The molecule has 0 unspecified atom stereocenters. The minimum absolute atomic E-state index is 0.106. The van der Waals surface area contributed by atoms with E-state index in [1.165, 1.54) is 5.56 Å². The number of aryl methyl sites for hydroxylation is 3. The molecule has 0 saturated carbocycles. The van der Waals surface area contributed by atoms with Crippen molar-refractivity contribution >= 4 is 28.0 Å². The summed E-state index contributed by atoms with van der Waals surface area (Å²) in [4.78, 5) is 22.2. The molecule has 0 aliphatic carbocycles. The smallest absolute Gasteiger partial charge is 0.167 e. The Balaban J connectivity index is 1.42. The van der Waals surface area contributed by atoms with Gasteiger partial charge in [-0.3, -0.25) is 4.90 Å². The van der Waals surface area contributed by atoms with Crippen LogP contribution < -0.4 is 4.90 Å². The molecule has 1 N–H and O–H groups in total. The first-order valence-corrected chi connectivity index (χ1v) is 17.0. The van der Waals surface area contributed by atoms with Gasteiger partial charge in [0, 0.05) is 28.4 Å². The van der Waals surface area contributed by atoms with Crippen molar-refractivity contribution in [3.8, 4) is 51.0 Å². The van der Waals surface area contributed by atoms with Gasteiger partial charge in [0.2, 0.25) is 0 Å². The molecule has 0 amide bonds. The van der Waals surface area contributed by atoms with Gasteiger partial charge in [-0.2, -0.15) is 0 Å². The highest BCUT2D eigenvalue weighted by molar-refractivity contribution is 5.99. The van der Waals surface area contributed by atoms with Crippen LogP contribution in [0.5, 0.6) is 5.75 Å². The van der Waals surface area contributed by atoms with Crippen LogP contribution in [0.25, 0.3) is 56.1 Å². The van der Waals surface area contributed by atoms with E-state index in [4.69, 9.17) is 19.9 Å². The Labute approximate surface area is 297 Å². The molecule has 0 saturated heterocycles. The van der Waals surface area contributed by atoms with E-state index >= 15 is 0 Å². The fraction of sp³-hybridized carbons (Fsp3) is 0.0667. The summed E-state index contributed by atoms with van der Waals surface area (Å²) in [5.74, 6) is 2.33. The highest BCUT2D eigenvalue weighted by Gasteiger charge is 2.21. The van der Waals surface area contributed by atoms with Gasteiger partial charge in [-0.15, -0.1) is 0 Å². The molecule has 6 nitrogen and oxygen atoms in total. The molecule has 6 heteroatoms. The standard InChI is InChI=1S/C45H35N5O/c1-29-24-30(2)42(31(3)25-29)45-48-43(47-44(49-45)38-19-9-10-21-40(38)51)35-26-34(32-14-5-4-6-15-32)27-36(28-35)50(41-22-11-12-23-46-41)39-20-13-17-33-16-7-8-18-37(33)39/h4-28,51H,1-3H3. The van der Waals surface area contributed by atoms with Crippen molar-refractivity contribution in [3.63, 3.8) is 0 Å². The molecule has 0 aliphatic rings. The summed E-state index contributed by atoms with van der Waals surface area (Å²) in [7, 11) is 0. The van der Waals surface area contributed by atoms with E-state index in [0.717, 1.165) is 61.3 Å². The molecule has 246 valence electrons. The fourth-order valence-electron chi connectivity index (χ4n) is 6.88. The van der Waals surface area contributed by atoms with Crippen molar-refractivity contribution in [1.82, 2.24) is 19.9 Å². The number of para-hydroxylation sites is 1. The van der Waals surface area contributed by atoms with Gasteiger partial charge in [0.25, 0.3) is 0 Å². The number of fused-ring (bicyclic) bond motifs is 1. The summed E-state index contributed by atoms with van der Waals surface area (Å²) in [6.45, 7) is 6.26. The molecule has 0 bridgehead atoms. The number of nitrogens with zero attached hydrogens (tertiary/aromatic N) is 5. The van der Waals surface area contributed by atoms with Crippen molar-refractivity contribution < 1.29 is 5.11 Å². The summed E-state index contributed by atoms with van der Waals surface area (Å²) >= 11 is 0. The topological polar surface area (TPSA) is 75.0 Å². The van der Waals surface area contributed by atoms with Gasteiger partial charge in [0.05, 0.1) is 11.3 Å². The van der Waals surface area contributed by atoms with E-state index in [2.05, 4.69) is 111 Å². The second kappa shape index (κ2) is 13.3. The molecular formula is C45H35N5O. The zero-order chi connectivity index (χ0) is 34.9. The Hall–Kier alpha value is -6.66. The summed E-state index contributed by atoms with van der Waals surface area (Å²) in [5, 5.41) is 13.2. The maximum Gasteiger partial charge on any atom is 0.167 e. The minimum Gasteiger partial charge on any atom is -0.507 e. The maximum atomic E-state index is 11.0. The summed E-state index contributed by atoms with van der Waals surface area (Å²) in [5.41, 5.74) is 9.56. The molecule has 2 aromatic heterocycles. The Morgan fingerprint density at radius 3 is 1.98 bits per heavy atom. The van der Waals surface area contributed by atoms with Crippen LogP contribution in [0.15, 0.2) is 152 Å². The van der Waals surface area contributed by atoms with Crippen LogP contribution in [-0.2, 0) is 0 Å². The van der Waals surface area contributed by atoms with Crippen LogP contribution in [-0.4, -0.2) is 25.0 Å². The SMILES string of the molecule is Cc1cc(C)c(-c2nc(-c3cc(-c4ccccc4)cc(N(c4ccccn4)c4cccc5ccccc45)c3)nc(-c3ccccc3O)n2)c(C)c1. The Kier molecular flexibility index (Phi) is 8.26. The summed E-state index contributed by atoms with van der Waals surface area (Å²) < 4.78 is 0. The first kappa shape index (κ1) is 31.6. The normalized spacial score (nSPS) is 11.1. The summed E-state index contributed by atoms with van der Waals surface area (Å²) in [6.07, 6.45) is 1.82. The van der Waals surface area contributed by atoms with Crippen molar-refractivity contribution in [2.45, 2.75) is 20.8 Å². The lowest BCUT2D eigenvalue weighted by molar-refractivity contribution is 0.477. The predicted octanol–water partition coefficient (Wildman–Crippen LogP) is 11.2. The highest BCUT2D eigenvalue weighted by atomic mass is 16.3. The number of anilines is 3. The number of hydrogen-bond donors (Lipinski definition) is 1. The molecule has 0 spiro atoms. The zero-order valence-electron chi connectivity index (χ0n) is 28.6. The third kappa shape index (κ3) is 6.20. The number of benzene rings is 6. The Morgan fingerprint density at radius 2 is 1.20 bits per heavy atom. The fourth-order valence-corrected chi connectivity index (χ4v) is 6.88. The number of phenols is 1. The molecule has 8 aromatic rings. The van der Waals surface area contributed by atoms with Crippen molar-refractivity contribution in [2.24, 2.45) is 0 Å². The molecule has 51 heavy (non-hydrogen) atoms. The van der Waals surface area contributed by atoms with Gasteiger partial charge in [-0.05, 0) is 96.9 Å². The number of aromatic nitrogens is 4. The molecule has 0 radical (unpaired) electrons. The molecule has 2 heterocycles. The average molecular weight is 662 g/mol.